The molecule has 3 aliphatic rings. The molecule has 2 bridgehead atoms. The van der Waals surface area contributed by atoms with E-state index in [1.165, 1.54) is 11.3 Å². The molecule has 2 amide bonds. The minimum atomic E-state index is -0.502. The summed E-state index contributed by atoms with van der Waals surface area (Å²) >= 11 is 1.30. The number of hydrogen-bond acceptors (Lipinski definition) is 5. The lowest BCUT2D eigenvalue weighted by Crippen LogP contribution is -2.62. The molecule has 6 nitrogen and oxygen atoms in total. The Morgan fingerprint density at radius 1 is 1.22 bits per heavy atom. The Hall–Kier alpha value is -2.38. The number of benzene rings is 1. The minimum absolute atomic E-state index is 0.0497. The zero-order chi connectivity index (χ0) is 19.0. The number of nitrogens with zero attached hydrogens (tertiary/aromatic N) is 1. The number of nitrogens with two attached hydrogens (primary N) is 1. The van der Waals surface area contributed by atoms with E-state index < -0.39 is 5.91 Å². The quantitative estimate of drug-likeness (QED) is 0.829. The van der Waals surface area contributed by atoms with Crippen molar-refractivity contribution in [1.82, 2.24) is 10.2 Å². The molecule has 3 aliphatic heterocycles. The van der Waals surface area contributed by atoms with E-state index in [1.54, 1.807) is 36.4 Å². The van der Waals surface area contributed by atoms with Crippen molar-refractivity contribution < 1.29 is 14.3 Å². The molecular formula is C20H23N3O3S. The molecule has 5 rings (SSSR count). The van der Waals surface area contributed by atoms with Gasteiger partial charge < -0.3 is 15.8 Å². The topological polar surface area (TPSA) is 84.7 Å². The maximum Gasteiger partial charge on any atom is 0.261 e. The summed E-state index contributed by atoms with van der Waals surface area (Å²) < 4.78 is 5.78. The van der Waals surface area contributed by atoms with Gasteiger partial charge >= 0.3 is 0 Å². The van der Waals surface area contributed by atoms with E-state index in [4.69, 9.17) is 10.5 Å². The zero-order valence-corrected chi connectivity index (χ0v) is 16.0. The maximum atomic E-state index is 12.7. The van der Waals surface area contributed by atoms with Gasteiger partial charge in [0.1, 0.15) is 5.75 Å². The Morgan fingerprint density at radius 3 is 2.70 bits per heavy atom. The number of fused-ring (bicyclic) bond motifs is 3. The predicted molar refractivity (Wildman–Crippen MR) is 104 cm³/mol. The molecule has 3 saturated heterocycles. The van der Waals surface area contributed by atoms with E-state index in [2.05, 4.69) is 17.1 Å². The molecule has 4 heterocycles. The predicted octanol–water partition coefficient (Wildman–Crippen LogP) is 2.85. The van der Waals surface area contributed by atoms with Crippen LogP contribution < -0.4 is 15.8 Å². The summed E-state index contributed by atoms with van der Waals surface area (Å²) in [6.07, 6.45) is 2.31. The first-order chi connectivity index (χ1) is 13.0. The molecule has 3 N–H and O–H groups in total. The third-order valence-electron chi connectivity index (χ3n) is 5.62. The summed E-state index contributed by atoms with van der Waals surface area (Å²) in [6, 6.07) is 10.8. The molecule has 1 aromatic heterocycles. The Balaban J connectivity index is 1.42. The second kappa shape index (κ2) is 7.32. The molecule has 7 heteroatoms. The number of rotatable bonds is 5. The highest BCUT2D eigenvalue weighted by atomic mass is 32.1. The van der Waals surface area contributed by atoms with Crippen molar-refractivity contribution in [2.75, 3.05) is 13.1 Å². The number of thiophene rings is 1. The van der Waals surface area contributed by atoms with Gasteiger partial charge in [-0.15, -0.1) is 0 Å². The summed E-state index contributed by atoms with van der Waals surface area (Å²) in [5.74, 6) is 0.539. The second-order valence-electron chi connectivity index (χ2n) is 7.23. The number of ether oxygens (including phenoxy) is 1. The van der Waals surface area contributed by atoms with Crippen LogP contribution >= 0.6 is 11.3 Å². The Bertz CT molecular complexity index is 856. The average molecular weight is 385 g/mol. The van der Waals surface area contributed by atoms with Gasteiger partial charge in [-0.05, 0) is 69.1 Å². The number of carbonyl (C=O) groups excluding carboxylic acids is 2. The van der Waals surface area contributed by atoms with Gasteiger partial charge in [-0.2, -0.15) is 0 Å². The van der Waals surface area contributed by atoms with Crippen LogP contribution in [0.15, 0.2) is 36.4 Å². The average Bonchev–Trinajstić information content (AvgIpc) is 3.14. The number of carbonyl (C=O) groups is 2. The van der Waals surface area contributed by atoms with Gasteiger partial charge in [0.25, 0.3) is 5.91 Å². The lowest BCUT2D eigenvalue weighted by molar-refractivity contribution is 0.0218. The van der Waals surface area contributed by atoms with Gasteiger partial charge in [-0.1, -0.05) is 17.4 Å². The molecule has 27 heavy (non-hydrogen) atoms. The largest absolute Gasteiger partial charge is 0.447 e. The van der Waals surface area contributed by atoms with Gasteiger partial charge in [-0.3, -0.25) is 14.5 Å². The summed E-state index contributed by atoms with van der Waals surface area (Å²) in [7, 11) is 0. The molecule has 0 aliphatic carbocycles. The number of nitrogens with one attached hydrogen (secondary N) is 1. The fraction of sp³-hybridized carbons (Fsp3) is 0.400. The molecule has 3 fully saturated rings. The first-order valence-corrected chi connectivity index (χ1v) is 10.1. The van der Waals surface area contributed by atoms with Gasteiger partial charge in [0.2, 0.25) is 5.91 Å². The van der Waals surface area contributed by atoms with Crippen LogP contribution in [0.2, 0.25) is 0 Å². The number of piperidine rings is 3. The first kappa shape index (κ1) is 18.0. The molecule has 2 aromatic rings. The minimum Gasteiger partial charge on any atom is -0.447 e. The van der Waals surface area contributed by atoms with Gasteiger partial charge in [0.05, 0.1) is 4.88 Å². The molecule has 1 aromatic carbocycles. The van der Waals surface area contributed by atoms with Crippen molar-refractivity contribution in [2.24, 2.45) is 11.7 Å². The second-order valence-corrected chi connectivity index (χ2v) is 8.27. The number of hydrogen-bond donors (Lipinski definition) is 2. The molecule has 0 unspecified atom stereocenters. The van der Waals surface area contributed by atoms with E-state index >= 15 is 0 Å². The number of amides is 2. The molecule has 0 saturated carbocycles. The van der Waals surface area contributed by atoms with Crippen LogP contribution in [0.4, 0.5) is 0 Å². The summed E-state index contributed by atoms with van der Waals surface area (Å²) in [4.78, 5) is 27.1. The lowest BCUT2D eigenvalue weighted by atomic mass is 9.79. The van der Waals surface area contributed by atoms with Crippen LogP contribution in [0.3, 0.4) is 0 Å². The Kier molecular flexibility index (Phi) is 4.88. The SMILES string of the molecule is C[C@@H]1[C@H](NC(=O)c2ccc(Oc3cccc(C(N)=O)c3)s2)C2CCN1CC2. The van der Waals surface area contributed by atoms with Crippen LogP contribution in [0.5, 0.6) is 10.8 Å². The van der Waals surface area contributed by atoms with E-state index in [1.807, 2.05) is 0 Å². The van der Waals surface area contributed by atoms with Crippen molar-refractivity contribution in [3.63, 3.8) is 0 Å². The van der Waals surface area contributed by atoms with Crippen LogP contribution in [0.1, 0.15) is 39.8 Å². The summed E-state index contributed by atoms with van der Waals surface area (Å²) in [6.45, 7) is 4.48. The third-order valence-corrected chi connectivity index (χ3v) is 6.58. The Labute approximate surface area is 162 Å². The van der Waals surface area contributed by atoms with Gasteiger partial charge in [0.15, 0.2) is 5.06 Å². The zero-order valence-electron chi connectivity index (χ0n) is 15.2. The Morgan fingerprint density at radius 2 is 2.00 bits per heavy atom. The first-order valence-electron chi connectivity index (χ1n) is 9.24. The van der Waals surface area contributed by atoms with Crippen molar-refractivity contribution in [2.45, 2.75) is 31.8 Å². The monoisotopic (exact) mass is 385 g/mol. The highest BCUT2D eigenvalue weighted by Crippen LogP contribution is 2.33. The molecule has 0 spiro atoms. The summed E-state index contributed by atoms with van der Waals surface area (Å²) in [5, 5.41) is 3.83. The van der Waals surface area contributed by atoms with E-state index in [9.17, 15) is 9.59 Å². The standard InChI is InChI=1S/C20H23N3O3S/c1-12-18(13-7-9-23(12)10-8-13)22-20(25)16-5-6-17(27-16)26-15-4-2-3-14(11-15)19(21)24/h2-6,11-13,18H,7-10H2,1H3,(H2,21,24)(H,22,25)/t12-,18+/m1/s1. The highest BCUT2D eigenvalue weighted by Gasteiger charge is 2.40. The number of primary amides is 1. The van der Waals surface area contributed by atoms with E-state index in [0.29, 0.717) is 33.2 Å². The third kappa shape index (κ3) is 3.70. The van der Waals surface area contributed by atoms with Crippen LogP contribution in [-0.4, -0.2) is 41.9 Å². The summed E-state index contributed by atoms with van der Waals surface area (Å²) in [5.41, 5.74) is 5.68. The maximum absolute atomic E-state index is 12.7. The fourth-order valence-corrected chi connectivity index (χ4v) is 4.87. The van der Waals surface area contributed by atoms with Crippen molar-refractivity contribution >= 4 is 23.2 Å². The van der Waals surface area contributed by atoms with Crippen LogP contribution in [0, 0.1) is 5.92 Å². The van der Waals surface area contributed by atoms with E-state index in [0.717, 1.165) is 25.9 Å². The van der Waals surface area contributed by atoms with Gasteiger partial charge in [-0.25, -0.2) is 0 Å². The van der Waals surface area contributed by atoms with Crippen LogP contribution in [0.25, 0.3) is 0 Å². The van der Waals surface area contributed by atoms with Gasteiger partial charge in [0, 0.05) is 17.6 Å². The highest BCUT2D eigenvalue weighted by molar-refractivity contribution is 7.15. The van der Waals surface area contributed by atoms with Crippen molar-refractivity contribution in [3.8, 4) is 10.8 Å². The molecule has 142 valence electrons. The van der Waals surface area contributed by atoms with E-state index in [-0.39, 0.29) is 11.9 Å². The van der Waals surface area contributed by atoms with Crippen LogP contribution in [-0.2, 0) is 0 Å². The van der Waals surface area contributed by atoms with Crippen molar-refractivity contribution in [1.29, 1.82) is 0 Å². The smallest absolute Gasteiger partial charge is 0.261 e. The normalized spacial score (nSPS) is 26.6. The fourth-order valence-electron chi connectivity index (χ4n) is 4.09. The molecule has 0 radical (unpaired) electrons. The molecule has 2 atom stereocenters. The lowest BCUT2D eigenvalue weighted by Gasteiger charge is -2.49. The molecular weight excluding hydrogens is 362 g/mol. The van der Waals surface area contributed by atoms with Crippen molar-refractivity contribution in [3.05, 3.63) is 46.8 Å².